The Bertz CT molecular complexity index is 637. The van der Waals surface area contributed by atoms with Crippen molar-refractivity contribution < 1.29 is 8.78 Å². The van der Waals surface area contributed by atoms with Gasteiger partial charge in [0.05, 0.1) is 12.9 Å². The van der Waals surface area contributed by atoms with Crippen LogP contribution in [0.3, 0.4) is 0 Å². The van der Waals surface area contributed by atoms with E-state index in [0.29, 0.717) is 0 Å². The van der Waals surface area contributed by atoms with Crippen LogP contribution in [0.4, 0.5) is 8.78 Å². The van der Waals surface area contributed by atoms with Crippen molar-refractivity contribution >= 4 is 27.5 Å². The van der Waals surface area contributed by atoms with Gasteiger partial charge in [0.1, 0.15) is 16.1 Å². The normalized spacial score (nSPS) is 10.7. The van der Waals surface area contributed by atoms with Gasteiger partial charge in [0.25, 0.3) is 5.56 Å². The molecule has 1 heterocycles. The van der Waals surface area contributed by atoms with Crippen molar-refractivity contribution in [1.82, 2.24) is 9.55 Å². The van der Waals surface area contributed by atoms with Crippen LogP contribution in [0.15, 0.2) is 33.9 Å². The average molecular weight is 336 g/mol. The first-order valence-corrected chi connectivity index (χ1v) is 5.99. The first-order chi connectivity index (χ1) is 8.49. The number of aromatic nitrogens is 2. The predicted octanol–water partition coefficient (Wildman–Crippen LogP) is 2.99. The molecule has 94 valence electrons. The van der Waals surface area contributed by atoms with Crippen molar-refractivity contribution in [2.24, 2.45) is 0 Å². The quantitative estimate of drug-likeness (QED) is 0.846. The van der Waals surface area contributed by atoms with Crippen LogP contribution in [0.5, 0.6) is 0 Å². The highest BCUT2D eigenvalue weighted by atomic mass is 79.9. The van der Waals surface area contributed by atoms with E-state index in [4.69, 9.17) is 11.6 Å². The monoisotopic (exact) mass is 334 g/mol. The van der Waals surface area contributed by atoms with Gasteiger partial charge in [-0.05, 0) is 28.1 Å². The number of hydrogen-bond donors (Lipinski definition) is 0. The topological polar surface area (TPSA) is 34.9 Å². The second-order valence-electron chi connectivity index (χ2n) is 3.52. The molecule has 0 radical (unpaired) electrons. The number of halogens is 4. The van der Waals surface area contributed by atoms with Gasteiger partial charge in [-0.25, -0.2) is 13.8 Å². The summed E-state index contributed by atoms with van der Waals surface area (Å²) in [6.07, 6.45) is 2.52. The summed E-state index contributed by atoms with van der Waals surface area (Å²) in [5.41, 5.74) is -0.653. The van der Waals surface area contributed by atoms with Gasteiger partial charge in [-0.2, -0.15) is 0 Å². The molecule has 0 bridgehead atoms. The number of nitrogens with zero attached hydrogens (tertiary/aromatic N) is 2. The van der Waals surface area contributed by atoms with Crippen molar-refractivity contribution in [3.05, 3.63) is 61.7 Å². The Labute approximate surface area is 114 Å². The zero-order valence-electron chi connectivity index (χ0n) is 8.83. The molecule has 18 heavy (non-hydrogen) atoms. The molecule has 0 N–H and O–H groups in total. The molecule has 2 rings (SSSR count). The van der Waals surface area contributed by atoms with Gasteiger partial charge in [0.2, 0.25) is 0 Å². The molecule has 0 saturated heterocycles. The van der Waals surface area contributed by atoms with E-state index in [1.54, 1.807) is 0 Å². The maximum absolute atomic E-state index is 13.6. The summed E-state index contributed by atoms with van der Waals surface area (Å²) in [5.74, 6) is -1.60. The molecule has 0 fully saturated rings. The van der Waals surface area contributed by atoms with Gasteiger partial charge in [-0.3, -0.25) is 9.36 Å². The molecule has 0 spiro atoms. The maximum atomic E-state index is 13.6. The lowest BCUT2D eigenvalue weighted by Gasteiger charge is -2.08. The smallest absolute Gasteiger partial charge is 0.267 e. The van der Waals surface area contributed by atoms with E-state index in [1.165, 1.54) is 12.5 Å². The molecule has 0 amide bonds. The summed E-state index contributed by atoms with van der Waals surface area (Å²) >= 11 is 8.52. The maximum Gasteiger partial charge on any atom is 0.267 e. The molecule has 0 aliphatic heterocycles. The molecule has 0 aliphatic rings. The summed E-state index contributed by atoms with van der Waals surface area (Å²) < 4.78 is 28.4. The standard InChI is InChI=1S/C11H6BrClF2N2O/c12-8-3-16-5-17(11(8)18)4-7-9(14)1-6(13)2-10(7)15/h1-3,5H,4H2. The summed E-state index contributed by atoms with van der Waals surface area (Å²) in [6, 6.07) is 1.99. The summed E-state index contributed by atoms with van der Waals surface area (Å²) in [5, 5.41) is -0.0338. The van der Waals surface area contributed by atoms with E-state index in [-0.39, 0.29) is 21.6 Å². The SMILES string of the molecule is O=c1c(Br)cncn1Cc1c(F)cc(Cl)cc1F. The Morgan fingerprint density at radius 3 is 2.56 bits per heavy atom. The molecule has 3 nitrogen and oxygen atoms in total. The largest absolute Gasteiger partial charge is 0.294 e. The molecule has 2 aromatic rings. The van der Waals surface area contributed by atoms with Crippen LogP contribution in [0, 0.1) is 11.6 Å². The Morgan fingerprint density at radius 1 is 1.33 bits per heavy atom. The molecule has 0 aliphatic carbocycles. The highest BCUT2D eigenvalue weighted by molar-refractivity contribution is 9.10. The fourth-order valence-corrected chi connectivity index (χ4v) is 1.97. The Balaban J connectivity index is 2.47. The van der Waals surface area contributed by atoms with Crippen LogP contribution in [0.1, 0.15) is 5.56 Å². The molecule has 1 aromatic heterocycles. The van der Waals surface area contributed by atoms with E-state index in [9.17, 15) is 13.6 Å². The van der Waals surface area contributed by atoms with Gasteiger partial charge in [-0.15, -0.1) is 0 Å². The van der Waals surface area contributed by atoms with E-state index in [1.807, 2.05) is 0 Å². The van der Waals surface area contributed by atoms with Crippen molar-refractivity contribution in [3.63, 3.8) is 0 Å². The van der Waals surface area contributed by atoms with Crippen molar-refractivity contribution in [2.75, 3.05) is 0 Å². The number of rotatable bonds is 2. The first kappa shape index (κ1) is 13.2. The molecule has 7 heteroatoms. The highest BCUT2D eigenvalue weighted by Gasteiger charge is 2.12. The van der Waals surface area contributed by atoms with Crippen molar-refractivity contribution in [2.45, 2.75) is 6.54 Å². The lowest BCUT2D eigenvalue weighted by atomic mass is 10.2. The van der Waals surface area contributed by atoms with E-state index in [2.05, 4.69) is 20.9 Å². The van der Waals surface area contributed by atoms with E-state index in [0.717, 1.165) is 16.7 Å². The molecule has 1 aromatic carbocycles. The van der Waals surface area contributed by atoms with Gasteiger partial charge in [0.15, 0.2) is 0 Å². The summed E-state index contributed by atoms with van der Waals surface area (Å²) in [6.45, 7) is -0.250. The van der Waals surface area contributed by atoms with Crippen molar-refractivity contribution in [3.8, 4) is 0 Å². The lowest BCUT2D eigenvalue weighted by molar-refractivity contribution is 0.540. The third-order valence-electron chi connectivity index (χ3n) is 2.29. The van der Waals surface area contributed by atoms with Crippen LogP contribution in [0.25, 0.3) is 0 Å². The lowest BCUT2D eigenvalue weighted by Crippen LogP contribution is -2.22. The fourth-order valence-electron chi connectivity index (χ4n) is 1.43. The van der Waals surface area contributed by atoms with Crippen LogP contribution >= 0.6 is 27.5 Å². The zero-order chi connectivity index (χ0) is 13.3. The van der Waals surface area contributed by atoms with Gasteiger partial charge in [-0.1, -0.05) is 11.6 Å². The van der Waals surface area contributed by atoms with Crippen LogP contribution < -0.4 is 5.56 Å². The third-order valence-corrected chi connectivity index (χ3v) is 3.06. The Hall–Kier alpha value is -1.27. The van der Waals surface area contributed by atoms with E-state index < -0.39 is 17.2 Å². The number of benzene rings is 1. The second kappa shape index (κ2) is 5.16. The average Bonchev–Trinajstić information content (AvgIpc) is 2.28. The zero-order valence-corrected chi connectivity index (χ0v) is 11.2. The first-order valence-electron chi connectivity index (χ1n) is 4.82. The van der Waals surface area contributed by atoms with Crippen molar-refractivity contribution in [1.29, 1.82) is 0 Å². The second-order valence-corrected chi connectivity index (χ2v) is 4.81. The minimum atomic E-state index is -0.799. The van der Waals surface area contributed by atoms with E-state index >= 15 is 0 Å². The molecular weight excluding hydrogens is 329 g/mol. The Morgan fingerprint density at radius 2 is 1.94 bits per heavy atom. The predicted molar refractivity (Wildman–Crippen MR) is 66.7 cm³/mol. The minimum Gasteiger partial charge on any atom is -0.294 e. The highest BCUT2D eigenvalue weighted by Crippen LogP contribution is 2.19. The Kier molecular flexibility index (Phi) is 3.77. The van der Waals surface area contributed by atoms with Gasteiger partial charge < -0.3 is 0 Å². The molecule has 0 atom stereocenters. The molecule has 0 unspecified atom stereocenters. The summed E-state index contributed by atoms with van der Waals surface area (Å²) in [4.78, 5) is 15.4. The molecular formula is C11H6BrClF2N2O. The molecule has 0 saturated carbocycles. The van der Waals surface area contributed by atoms with Gasteiger partial charge >= 0.3 is 0 Å². The minimum absolute atomic E-state index is 0.0338. The third kappa shape index (κ3) is 2.59. The van der Waals surface area contributed by atoms with Gasteiger partial charge in [0, 0.05) is 16.8 Å². The van der Waals surface area contributed by atoms with Crippen LogP contribution in [0.2, 0.25) is 5.02 Å². The fraction of sp³-hybridized carbons (Fsp3) is 0.0909. The summed E-state index contributed by atoms with van der Waals surface area (Å²) in [7, 11) is 0. The van der Waals surface area contributed by atoms with Crippen LogP contribution in [-0.4, -0.2) is 9.55 Å². The van der Waals surface area contributed by atoms with Crippen LogP contribution in [-0.2, 0) is 6.54 Å². The number of hydrogen-bond acceptors (Lipinski definition) is 2.